The fourth-order valence-electron chi connectivity index (χ4n) is 12.7. The molecule has 2 heteroatoms. The molecule has 0 saturated heterocycles. The van der Waals surface area contributed by atoms with Crippen LogP contribution in [0.2, 0.25) is 0 Å². The Bertz CT molecular complexity index is 4240. The van der Waals surface area contributed by atoms with Crippen LogP contribution in [0.15, 0.2) is 279 Å². The minimum absolute atomic E-state index is 0.453. The van der Waals surface area contributed by atoms with E-state index in [0.29, 0.717) is 6.54 Å². The first kappa shape index (κ1) is 44.5. The fraction of sp³-hybridized carbons (Fsp3) is 0.0685. The molecule has 1 aromatic heterocycles. The van der Waals surface area contributed by atoms with Crippen LogP contribution in [0.4, 0.5) is 11.4 Å². The number of anilines is 2. The van der Waals surface area contributed by atoms with Gasteiger partial charge in [0.25, 0.3) is 0 Å². The summed E-state index contributed by atoms with van der Waals surface area (Å²) in [4.78, 5) is 2.58. The van der Waals surface area contributed by atoms with Crippen molar-refractivity contribution in [1.29, 1.82) is 0 Å². The average molecular weight is 959 g/mol. The molecule has 0 fully saturated rings. The van der Waals surface area contributed by atoms with Crippen molar-refractivity contribution in [2.75, 3.05) is 4.90 Å². The molecule has 0 saturated carbocycles. The lowest BCUT2D eigenvalue weighted by atomic mass is 9.68. The molecule has 2 nitrogen and oxygen atoms in total. The number of aryl methyl sites for hydroxylation is 2. The van der Waals surface area contributed by atoms with Crippen LogP contribution in [0.5, 0.6) is 0 Å². The maximum absolute atomic E-state index is 2.58. The van der Waals surface area contributed by atoms with Gasteiger partial charge in [0, 0.05) is 45.0 Å². The normalized spacial score (nSPS) is 13.9. The monoisotopic (exact) mass is 958 g/mol. The van der Waals surface area contributed by atoms with Gasteiger partial charge >= 0.3 is 0 Å². The number of fused-ring (bicyclic) bond motifs is 9. The van der Waals surface area contributed by atoms with Crippen LogP contribution in [0.25, 0.3) is 71.3 Å². The number of nitrogens with zero attached hydrogens (tertiary/aromatic N) is 2. The third-order valence-electron chi connectivity index (χ3n) is 16.2. The molecule has 0 aliphatic heterocycles. The zero-order chi connectivity index (χ0) is 49.7. The first-order chi connectivity index (χ1) is 37.2. The van der Waals surface area contributed by atoms with Crippen molar-refractivity contribution in [3.63, 3.8) is 0 Å². The molecule has 0 radical (unpaired) electrons. The van der Waals surface area contributed by atoms with Crippen LogP contribution in [-0.4, -0.2) is 4.57 Å². The van der Waals surface area contributed by atoms with Gasteiger partial charge in [-0.2, -0.15) is 0 Å². The van der Waals surface area contributed by atoms with Crippen LogP contribution in [0.3, 0.4) is 0 Å². The van der Waals surface area contributed by atoms with E-state index in [0.717, 1.165) is 24.9 Å². The van der Waals surface area contributed by atoms with E-state index in [-0.39, 0.29) is 0 Å². The van der Waals surface area contributed by atoms with Gasteiger partial charge in [-0.05, 0) is 116 Å². The Morgan fingerprint density at radius 3 is 1.83 bits per heavy atom. The Balaban J connectivity index is 0.969. The number of rotatable bonds is 12. The van der Waals surface area contributed by atoms with E-state index in [1.54, 1.807) is 0 Å². The number of hydrogen-bond donors (Lipinski definition) is 0. The molecule has 1 heterocycles. The Kier molecular flexibility index (Phi) is 11.1. The number of hydrogen-bond acceptors (Lipinski definition) is 1. The predicted octanol–water partition coefficient (Wildman–Crippen LogP) is 18.4. The summed E-state index contributed by atoms with van der Waals surface area (Å²) in [7, 11) is 0. The quantitative estimate of drug-likeness (QED) is 0.118. The number of benzene rings is 12. The highest BCUT2D eigenvalue weighted by Gasteiger charge is 2.45. The van der Waals surface area contributed by atoms with Crippen molar-refractivity contribution >= 4 is 54.7 Å². The second-order valence-corrected chi connectivity index (χ2v) is 20.3. The Morgan fingerprint density at radius 1 is 0.373 bits per heavy atom. The summed E-state index contributed by atoms with van der Waals surface area (Å²) in [5.74, 6) is 0. The lowest BCUT2D eigenvalue weighted by molar-refractivity contribution is 0.625. The summed E-state index contributed by atoms with van der Waals surface area (Å²) >= 11 is 0. The average Bonchev–Trinajstić information content (AvgIpc) is 4.01. The van der Waals surface area contributed by atoms with Gasteiger partial charge in [0.2, 0.25) is 0 Å². The van der Waals surface area contributed by atoms with E-state index in [2.05, 4.69) is 289 Å². The van der Waals surface area contributed by atoms with Crippen LogP contribution >= 0.6 is 0 Å². The van der Waals surface area contributed by atoms with Crippen LogP contribution < -0.4 is 4.90 Å². The van der Waals surface area contributed by atoms with Gasteiger partial charge in [-0.15, -0.1) is 0 Å². The van der Waals surface area contributed by atoms with Gasteiger partial charge in [-0.25, -0.2) is 0 Å². The summed E-state index contributed by atoms with van der Waals surface area (Å²) in [6.07, 6.45) is 2.81. The summed E-state index contributed by atoms with van der Waals surface area (Å²) < 4.78 is 2.54. The van der Waals surface area contributed by atoms with Crippen molar-refractivity contribution in [3.05, 3.63) is 318 Å². The highest BCUT2D eigenvalue weighted by Crippen LogP contribution is 2.56. The van der Waals surface area contributed by atoms with E-state index in [9.17, 15) is 0 Å². The molecule has 14 rings (SSSR count). The Morgan fingerprint density at radius 2 is 1.00 bits per heavy atom. The maximum Gasteiger partial charge on any atom is 0.0619 e. The second kappa shape index (κ2) is 18.7. The maximum atomic E-state index is 2.58. The molecule has 1 aliphatic rings. The highest BCUT2D eigenvalue weighted by atomic mass is 15.1. The zero-order valence-corrected chi connectivity index (χ0v) is 41.8. The molecule has 12 aromatic carbocycles. The molecule has 13 aromatic rings. The Hall–Kier alpha value is -9.24. The molecule has 0 N–H and O–H groups in total. The van der Waals surface area contributed by atoms with Gasteiger partial charge in [0.1, 0.15) is 0 Å². The third kappa shape index (κ3) is 7.64. The molecular weight excluding hydrogens is 905 g/mol. The number of para-hydroxylation sites is 1. The first-order valence-electron chi connectivity index (χ1n) is 26.5. The molecule has 0 amide bonds. The van der Waals surface area contributed by atoms with Crippen molar-refractivity contribution in [1.82, 2.24) is 4.57 Å². The molecule has 1 aliphatic carbocycles. The van der Waals surface area contributed by atoms with E-state index >= 15 is 0 Å². The summed E-state index contributed by atoms with van der Waals surface area (Å²) in [6.45, 7) is 0.652. The predicted molar refractivity (Wildman–Crippen MR) is 316 cm³/mol. The van der Waals surface area contributed by atoms with Crippen molar-refractivity contribution < 1.29 is 0 Å². The van der Waals surface area contributed by atoms with Crippen molar-refractivity contribution in [3.8, 4) is 27.9 Å². The molecule has 0 spiro atoms. The van der Waals surface area contributed by atoms with E-state index in [1.807, 2.05) is 0 Å². The highest BCUT2D eigenvalue weighted by molar-refractivity contribution is 6.19. The number of aromatic nitrogens is 1. The lowest BCUT2D eigenvalue weighted by Crippen LogP contribution is -2.30. The first-order valence-corrected chi connectivity index (χ1v) is 26.5. The fourth-order valence-corrected chi connectivity index (χ4v) is 12.7. The van der Waals surface area contributed by atoms with Gasteiger partial charge in [0.15, 0.2) is 0 Å². The smallest absolute Gasteiger partial charge is 0.0619 e. The topological polar surface area (TPSA) is 8.17 Å². The zero-order valence-electron chi connectivity index (χ0n) is 41.8. The van der Waals surface area contributed by atoms with E-state index < -0.39 is 5.41 Å². The summed E-state index contributed by atoms with van der Waals surface area (Å²) in [6, 6.07) is 104. The largest absolute Gasteiger partial charge is 0.336 e. The minimum atomic E-state index is -0.453. The standard InChI is InChI=1S/C73H54N2/c1-4-21-51(22-5-1)39-41-53-23-10-11-28-57(53)49-73(58-30-8-3-9-31-58)67-36-18-16-35-63(67)64-46-43-59(48-68(64)73)74(69-38-20-29-55-26-12-14-32-60(55)69)50-52-40-44-65-66-45-42-56-27-13-15-34-62(56)72(66)75(71(65)47-52)70-37-19-17-33-61(70)54-24-6-2-7-25-54/h1-38,40,42-48H,39,41,49-50H2. The van der Waals surface area contributed by atoms with Gasteiger partial charge in [-0.1, -0.05) is 249 Å². The molecule has 75 heavy (non-hydrogen) atoms. The second-order valence-electron chi connectivity index (χ2n) is 20.3. The summed E-state index contributed by atoms with van der Waals surface area (Å²) in [5, 5.41) is 7.41. The molecule has 1 unspecified atom stereocenters. The molecule has 0 bridgehead atoms. The van der Waals surface area contributed by atoms with E-state index in [4.69, 9.17) is 0 Å². The van der Waals surface area contributed by atoms with Crippen molar-refractivity contribution in [2.45, 2.75) is 31.2 Å². The van der Waals surface area contributed by atoms with Gasteiger partial charge < -0.3 is 9.47 Å². The summed E-state index contributed by atoms with van der Waals surface area (Å²) in [5.41, 5.74) is 19.9. The van der Waals surface area contributed by atoms with Crippen LogP contribution in [-0.2, 0) is 31.2 Å². The van der Waals surface area contributed by atoms with E-state index in [1.165, 1.54) is 116 Å². The van der Waals surface area contributed by atoms with Gasteiger partial charge in [0.05, 0.1) is 22.1 Å². The molecule has 356 valence electrons. The SMILES string of the molecule is c1ccc(CCc2ccccc2CC2(c3ccccc3)c3ccccc3-c3ccc(N(Cc4ccc5c6ccc7ccccc7c6n(-c6ccccc6-c6ccccc6)c5c4)c4cccc5ccccc45)cc32)cc1. The third-order valence-corrected chi connectivity index (χ3v) is 16.2. The van der Waals surface area contributed by atoms with Crippen LogP contribution in [0.1, 0.15) is 38.9 Å². The molecular formula is C73H54N2. The Labute approximate surface area is 439 Å². The minimum Gasteiger partial charge on any atom is -0.336 e. The van der Waals surface area contributed by atoms with Gasteiger partial charge in [-0.3, -0.25) is 0 Å². The van der Waals surface area contributed by atoms with Crippen LogP contribution in [0, 0.1) is 0 Å². The molecule has 1 atom stereocenters. The lowest BCUT2D eigenvalue weighted by Gasteiger charge is -2.35. The van der Waals surface area contributed by atoms with Crippen molar-refractivity contribution in [2.24, 2.45) is 0 Å².